The van der Waals surface area contributed by atoms with E-state index in [2.05, 4.69) is 274 Å². The van der Waals surface area contributed by atoms with E-state index < -0.39 is 7.12 Å². The van der Waals surface area contributed by atoms with Crippen LogP contribution in [-0.2, 0) is 0 Å². The molecule has 0 amide bonds. The summed E-state index contributed by atoms with van der Waals surface area (Å²) in [5.74, 6) is 1.35. The summed E-state index contributed by atoms with van der Waals surface area (Å²) in [6, 6.07) is 105. The van der Waals surface area contributed by atoms with Gasteiger partial charge in [-0.15, -0.1) is 0 Å². The zero-order chi connectivity index (χ0) is 60.2. The number of aromatic nitrogens is 6. The standard InChI is InChI=1S/C40H25N3.C30H18BrN3.C10H9BO2/c1-2-12-28(13-3-1)38-34-22-20-27-11-6-7-15-32(27)39(34)42-40(41-38)43-36-17-9-8-16-33(36)35-25-31(21-23-37(35)43)30-19-18-26-10-4-5-14-29(26)24-30;31-21-15-17-27-25(18-21)23-12-6-7-13-26(23)34(27)30-32-28(20-9-2-1-3-10-20)24-16-14-19-8-4-5-11-22(19)29(24)33-30;12-11(13)10-6-5-8-3-1-2-4-9(8)7-10/h1-25H;1-18H;1-7,12-13H. The highest BCUT2D eigenvalue weighted by Gasteiger charge is 2.21. The first-order valence-electron chi connectivity index (χ1n) is 29.9. The van der Waals surface area contributed by atoms with Crippen LogP contribution in [-0.4, -0.2) is 46.2 Å². The molecular weight excluding hydrogens is 1170 g/mol. The smallest absolute Gasteiger partial charge is 0.423 e. The van der Waals surface area contributed by atoms with Crippen LogP contribution in [0.1, 0.15) is 0 Å². The summed E-state index contributed by atoms with van der Waals surface area (Å²) in [4.78, 5) is 21.0. The fraction of sp³-hybridized carbons (Fsp3) is 0. The molecule has 14 aromatic carbocycles. The SMILES string of the molecule is Brc1ccc2c(c1)c1ccccc1n2-c1nc(-c2ccccc2)c2ccc3ccccc3c2n1.OB(O)c1ccc2ccccc2c1.c1ccc(-c2nc(-n3c4ccccc4c4cc(-c5ccc6ccccc6c5)ccc43)nc3c2ccc2ccccc23)cc1. The maximum absolute atomic E-state index is 8.94. The summed E-state index contributed by atoms with van der Waals surface area (Å²) in [6.45, 7) is 0. The molecule has 0 saturated carbocycles. The molecule has 0 aliphatic carbocycles. The fourth-order valence-electron chi connectivity index (χ4n) is 12.8. The molecule has 0 bridgehead atoms. The van der Waals surface area contributed by atoms with Gasteiger partial charge in [-0.25, -0.2) is 19.9 Å². The number of fused-ring (bicyclic) bond motifs is 14. The van der Waals surface area contributed by atoms with Gasteiger partial charge in [-0.05, 0) is 110 Å². The van der Waals surface area contributed by atoms with E-state index in [1.165, 1.54) is 54.2 Å². The molecule has 0 saturated heterocycles. The predicted molar refractivity (Wildman–Crippen MR) is 378 cm³/mol. The molecule has 90 heavy (non-hydrogen) atoms. The molecule has 0 spiro atoms. The number of benzene rings is 14. The predicted octanol–water partition coefficient (Wildman–Crippen LogP) is 19.2. The van der Waals surface area contributed by atoms with Crippen molar-refractivity contribution in [1.82, 2.24) is 29.1 Å². The number of nitrogens with zero attached hydrogens (tertiary/aromatic N) is 6. The molecule has 4 aromatic heterocycles. The van der Waals surface area contributed by atoms with Crippen molar-refractivity contribution in [2.75, 3.05) is 0 Å². The number of hydrogen-bond acceptors (Lipinski definition) is 6. The minimum Gasteiger partial charge on any atom is -0.423 e. The molecule has 18 aromatic rings. The molecule has 18 rings (SSSR count). The Morgan fingerprint density at radius 1 is 0.267 bits per heavy atom. The lowest BCUT2D eigenvalue weighted by molar-refractivity contribution is 0.426. The second-order valence-corrected chi connectivity index (χ2v) is 23.4. The van der Waals surface area contributed by atoms with Gasteiger partial charge in [0.1, 0.15) is 0 Å². The van der Waals surface area contributed by atoms with Crippen LogP contribution in [0, 0.1) is 0 Å². The Kier molecular flexibility index (Phi) is 13.8. The van der Waals surface area contributed by atoms with E-state index in [1.807, 2.05) is 42.5 Å². The van der Waals surface area contributed by atoms with Gasteiger partial charge >= 0.3 is 7.12 Å². The topological polar surface area (TPSA) is 102 Å². The lowest BCUT2D eigenvalue weighted by Crippen LogP contribution is -2.29. The van der Waals surface area contributed by atoms with Crippen molar-refractivity contribution in [3.63, 3.8) is 0 Å². The van der Waals surface area contributed by atoms with Crippen LogP contribution in [0.25, 0.3) is 154 Å². The summed E-state index contributed by atoms with van der Waals surface area (Å²) >= 11 is 3.65. The van der Waals surface area contributed by atoms with E-state index in [9.17, 15) is 0 Å². The van der Waals surface area contributed by atoms with Crippen molar-refractivity contribution in [1.29, 1.82) is 0 Å². The summed E-state index contributed by atoms with van der Waals surface area (Å²) in [6.07, 6.45) is 0. The van der Waals surface area contributed by atoms with Crippen LogP contribution in [0.4, 0.5) is 0 Å². The molecule has 0 aliphatic rings. The Labute approximate surface area is 526 Å². The summed E-state index contributed by atoms with van der Waals surface area (Å²) in [7, 11) is -1.38. The molecule has 10 heteroatoms. The first kappa shape index (κ1) is 54.3. The summed E-state index contributed by atoms with van der Waals surface area (Å²) < 4.78 is 5.46. The van der Waals surface area contributed by atoms with Gasteiger partial charge in [-0.1, -0.05) is 259 Å². The summed E-state index contributed by atoms with van der Waals surface area (Å²) in [5, 5.41) is 33.9. The van der Waals surface area contributed by atoms with Crippen molar-refractivity contribution < 1.29 is 10.0 Å². The Morgan fingerprint density at radius 2 is 0.656 bits per heavy atom. The van der Waals surface area contributed by atoms with Gasteiger partial charge in [0.15, 0.2) is 0 Å². The molecule has 0 atom stereocenters. The summed E-state index contributed by atoms with van der Waals surface area (Å²) in [5.41, 5.74) is 13.2. The van der Waals surface area contributed by atoms with Gasteiger partial charge < -0.3 is 10.0 Å². The molecule has 8 nitrogen and oxygen atoms in total. The third-order valence-corrected chi connectivity index (χ3v) is 17.6. The van der Waals surface area contributed by atoms with Gasteiger partial charge in [0.2, 0.25) is 11.9 Å². The minimum absolute atomic E-state index is 0.527. The second kappa shape index (κ2) is 22.9. The van der Waals surface area contributed by atoms with Crippen LogP contribution in [0.3, 0.4) is 0 Å². The molecular formula is C80H52BBrN6O2. The van der Waals surface area contributed by atoms with Crippen LogP contribution in [0.5, 0.6) is 0 Å². The van der Waals surface area contributed by atoms with E-state index >= 15 is 0 Å². The molecule has 0 radical (unpaired) electrons. The van der Waals surface area contributed by atoms with Gasteiger partial charge in [0.05, 0.1) is 44.5 Å². The average Bonchev–Trinajstić information content (AvgIpc) is 1.49. The van der Waals surface area contributed by atoms with Gasteiger partial charge in [-0.2, -0.15) is 0 Å². The van der Waals surface area contributed by atoms with Crippen LogP contribution in [0.2, 0.25) is 0 Å². The van der Waals surface area contributed by atoms with Crippen molar-refractivity contribution >= 4 is 137 Å². The lowest BCUT2D eigenvalue weighted by atomic mass is 9.79. The van der Waals surface area contributed by atoms with Crippen molar-refractivity contribution in [3.8, 4) is 45.5 Å². The third-order valence-electron chi connectivity index (χ3n) is 17.1. The quantitative estimate of drug-likeness (QED) is 0.127. The fourth-order valence-corrected chi connectivity index (χ4v) is 13.2. The van der Waals surface area contributed by atoms with Crippen molar-refractivity contribution in [3.05, 3.63) is 308 Å². The minimum atomic E-state index is -1.38. The van der Waals surface area contributed by atoms with E-state index in [4.69, 9.17) is 30.0 Å². The van der Waals surface area contributed by atoms with Gasteiger partial charge in [-0.3, -0.25) is 9.13 Å². The Hall–Kier alpha value is -11.1. The third kappa shape index (κ3) is 9.76. The monoisotopic (exact) mass is 1220 g/mol. The highest BCUT2D eigenvalue weighted by Crippen LogP contribution is 2.40. The number of para-hydroxylation sites is 2. The normalized spacial score (nSPS) is 11.5. The van der Waals surface area contributed by atoms with Crippen molar-refractivity contribution in [2.24, 2.45) is 0 Å². The van der Waals surface area contributed by atoms with Gasteiger partial charge in [0.25, 0.3) is 0 Å². The highest BCUT2D eigenvalue weighted by atomic mass is 79.9. The molecule has 4 heterocycles. The van der Waals surface area contributed by atoms with Crippen LogP contribution >= 0.6 is 15.9 Å². The van der Waals surface area contributed by atoms with Crippen molar-refractivity contribution in [2.45, 2.75) is 0 Å². The van der Waals surface area contributed by atoms with E-state index in [0.717, 1.165) is 92.4 Å². The Bertz CT molecular complexity index is 5810. The number of rotatable bonds is 6. The highest BCUT2D eigenvalue weighted by molar-refractivity contribution is 9.10. The zero-order valence-electron chi connectivity index (χ0n) is 48.4. The van der Waals surface area contributed by atoms with E-state index in [1.54, 1.807) is 12.1 Å². The average molecular weight is 1220 g/mol. The largest absolute Gasteiger partial charge is 0.488 e. The molecule has 0 fully saturated rings. The zero-order valence-corrected chi connectivity index (χ0v) is 50.0. The second-order valence-electron chi connectivity index (χ2n) is 22.5. The number of hydrogen-bond donors (Lipinski definition) is 2. The van der Waals surface area contributed by atoms with Crippen LogP contribution in [0.15, 0.2) is 308 Å². The lowest BCUT2D eigenvalue weighted by Gasteiger charge is -2.13. The van der Waals surface area contributed by atoms with Crippen LogP contribution < -0.4 is 5.46 Å². The van der Waals surface area contributed by atoms with Gasteiger partial charge in [0, 0.05) is 58.7 Å². The maximum Gasteiger partial charge on any atom is 0.488 e. The first-order valence-corrected chi connectivity index (χ1v) is 30.7. The maximum atomic E-state index is 8.94. The molecule has 2 N–H and O–H groups in total. The molecule has 0 aliphatic heterocycles. The Balaban J connectivity index is 0.000000122. The van der Waals surface area contributed by atoms with E-state index in [-0.39, 0.29) is 0 Å². The first-order chi connectivity index (χ1) is 44.4. The molecule has 0 unspecified atom stereocenters. The Morgan fingerprint density at radius 3 is 1.19 bits per heavy atom. The number of halogens is 1. The van der Waals surface area contributed by atoms with E-state index in [0.29, 0.717) is 17.4 Å². The molecule has 424 valence electrons.